The fraction of sp³-hybridized carbons (Fsp3) is 0.571. The van der Waals surface area contributed by atoms with Crippen LogP contribution in [0, 0.1) is 5.41 Å². The lowest BCUT2D eigenvalue weighted by molar-refractivity contribution is -0.138. The summed E-state index contributed by atoms with van der Waals surface area (Å²) in [6.45, 7) is 5.34. The number of rotatable bonds is 6. The van der Waals surface area contributed by atoms with Crippen molar-refractivity contribution < 1.29 is 14.3 Å². The lowest BCUT2D eigenvalue weighted by Crippen LogP contribution is -2.49. The molecule has 0 atom stereocenters. The second-order valence-corrected chi connectivity index (χ2v) is 9.10. The number of nitrogens with one attached hydrogen (secondary N) is 1. The van der Waals surface area contributed by atoms with Crippen molar-refractivity contribution in [2.45, 2.75) is 58.0 Å². The van der Waals surface area contributed by atoms with Crippen LogP contribution >= 0.6 is 0 Å². The number of carbonyl (C=O) groups is 2. The molecule has 0 radical (unpaired) electrons. The monoisotopic (exact) mass is 442 g/mol. The molecule has 11 nitrogen and oxygen atoms in total. The highest BCUT2D eigenvalue weighted by Crippen LogP contribution is 2.48. The molecule has 4 rings (SSSR count). The molecule has 1 aromatic rings. The molecular formula is C21H30N8O3. The fourth-order valence-electron chi connectivity index (χ4n) is 4.77. The molecule has 3 aliphatic rings. The van der Waals surface area contributed by atoms with E-state index in [-0.39, 0.29) is 29.4 Å². The van der Waals surface area contributed by atoms with Crippen LogP contribution in [-0.4, -0.2) is 52.0 Å². The number of ether oxygens (including phenoxy) is 1. The predicted octanol–water partition coefficient (Wildman–Crippen LogP) is 0.531. The molecule has 1 amide bonds. The van der Waals surface area contributed by atoms with Crippen molar-refractivity contribution in [3.63, 3.8) is 0 Å². The first-order valence-corrected chi connectivity index (χ1v) is 10.8. The minimum Gasteiger partial charge on any atom is -0.456 e. The van der Waals surface area contributed by atoms with E-state index in [9.17, 15) is 9.59 Å². The van der Waals surface area contributed by atoms with Crippen LogP contribution in [0.2, 0.25) is 0 Å². The van der Waals surface area contributed by atoms with Crippen molar-refractivity contribution in [2.75, 3.05) is 18.2 Å². The number of esters is 1. The van der Waals surface area contributed by atoms with Crippen molar-refractivity contribution in [1.82, 2.24) is 20.4 Å². The first-order valence-electron chi connectivity index (χ1n) is 10.8. The second kappa shape index (κ2) is 8.47. The standard InChI is InChI=1S/C21H30N8O3/c1-14-16(12-32-18(14)30)28-10-9-21(19(28)31)7-5-20(2,6-8-21)24-11-15-3-4-17(27-26-15)29(23)13-25-22/h3-4,13,24H,5-12,22-23H2,1-2H3/b25-13-. The highest BCUT2D eigenvalue weighted by atomic mass is 16.5. The molecule has 1 saturated heterocycles. The molecule has 32 heavy (non-hydrogen) atoms. The van der Waals surface area contributed by atoms with E-state index in [0.29, 0.717) is 24.5 Å². The van der Waals surface area contributed by atoms with Gasteiger partial charge in [-0.25, -0.2) is 15.6 Å². The van der Waals surface area contributed by atoms with Gasteiger partial charge in [0.25, 0.3) is 0 Å². The molecule has 0 aromatic carbocycles. The first-order chi connectivity index (χ1) is 15.3. The number of hydrogen-bond acceptors (Lipinski definition) is 9. The van der Waals surface area contributed by atoms with Crippen LogP contribution < -0.4 is 22.0 Å². The number of hydrazone groups is 1. The lowest BCUT2D eigenvalue weighted by Gasteiger charge is -2.42. The van der Waals surface area contributed by atoms with Gasteiger partial charge in [0.2, 0.25) is 5.91 Å². The van der Waals surface area contributed by atoms with Crippen LogP contribution in [0.25, 0.3) is 0 Å². The molecule has 3 heterocycles. The number of aromatic nitrogens is 2. The lowest BCUT2D eigenvalue weighted by atomic mass is 9.67. The normalized spacial score (nSPS) is 28.3. The van der Waals surface area contributed by atoms with E-state index in [1.807, 2.05) is 6.07 Å². The van der Waals surface area contributed by atoms with Crippen molar-refractivity contribution in [3.8, 4) is 0 Å². The Kier molecular flexibility index (Phi) is 5.87. The van der Waals surface area contributed by atoms with Crippen LogP contribution in [0.15, 0.2) is 28.5 Å². The van der Waals surface area contributed by atoms with Crippen molar-refractivity contribution in [2.24, 2.45) is 22.2 Å². The Morgan fingerprint density at radius 3 is 2.59 bits per heavy atom. The van der Waals surface area contributed by atoms with Gasteiger partial charge >= 0.3 is 5.97 Å². The third-order valence-corrected chi connectivity index (χ3v) is 7.09. The fourth-order valence-corrected chi connectivity index (χ4v) is 4.77. The maximum atomic E-state index is 13.3. The number of hydrazine groups is 1. The van der Waals surface area contributed by atoms with Gasteiger partial charge in [-0.3, -0.25) is 4.79 Å². The number of hydrogen-bond donors (Lipinski definition) is 3. The van der Waals surface area contributed by atoms with Crippen LogP contribution in [0.5, 0.6) is 0 Å². The van der Waals surface area contributed by atoms with Crippen LogP contribution in [-0.2, 0) is 20.9 Å². The number of nitrogens with zero attached hydrogens (tertiary/aromatic N) is 5. The third-order valence-electron chi connectivity index (χ3n) is 7.09. The number of nitrogens with two attached hydrogens (primary N) is 2. The SMILES string of the molecule is CC1=C(N2CCC3(CCC(C)(NCc4ccc(N(N)/C=N\N)nn4)CC3)C2=O)COC1=O. The van der Waals surface area contributed by atoms with Gasteiger partial charge in [0.05, 0.1) is 22.4 Å². The average Bonchev–Trinajstić information content (AvgIpc) is 3.29. The van der Waals surface area contributed by atoms with E-state index in [1.54, 1.807) is 17.9 Å². The maximum Gasteiger partial charge on any atom is 0.336 e. The molecule has 1 spiro atoms. The van der Waals surface area contributed by atoms with Crippen LogP contribution in [0.3, 0.4) is 0 Å². The molecule has 11 heteroatoms. The zero-order valence-corrected chi connectivity index (χ0v) is 18.5. The summed E-state index contributed by atoms with van der Waals surface area (Å²) in [5.74, 6) is 11.1. The number of carbonyl (C=O) groups excluding carboxylic acids is 2. The van der Waals surface area contributed by atoms with Gasteiger partial charge in [0.1, 0.15) is 12.9 Å². The summed E-state index contributed by atoms with van der Waals surface area (Å²) >= 11 is 0. The zero-order valence-electron chi connectivity index (χ0n) is 18.5. The molecule has 1 aliphatic carbocycles. The Bertz CT molecular complexity index is 950. The maximum absolute atomic E-state index is 13.3. The highest BCUT2D eigenvalue weighted by Gasteiger charge is 2.52. The van der Waals surface area contributed by atoms with Gasteiger partial charge in [0, 0.05) is 18.6 Å². The van der Waals surface area contributed by atoms with Gasteiger partial charge in [0.15, 0.2) is 5.82 Å². The molecule has 172 valence electrons. The van der Waals surface area contributed by atoms with E-state index in [2.05, 4.69) is 27.5 Å². The van der Waals surface area contributed by atoms with Gasteiger partial charge in [-0.1, -0.05) is 0 Å². The first kappa shape index (κ1) is 22.2. The minimum atomic E-state index is -0.337. The molecule has 2 aliphatic heterocycles. The van der Waals surface area contributed by atoms with E-state index in [1.165, 1.54) is 11.3 Å². The van der Waals surface area contributed by atoms with Gasteiger partial charge in [-0.05, 0) is 58.1 Å². The number of amides is 1. The van der Waals surface area contributed by atoms with E-state index < -0.39 is 0 Å². The molecule has 0 unspecified atom stereocenters. The number of anilines is 1. The summed E-state index contributed by atoms with van der Waals surface area (Å²) < 4.78 is 5.10. The summed E-state index contributed by atoms with van der Waals surface area (Å²) in [5, 5.41) is 16.4. The Labute approximate surface area is 186 Å². The minimum absolute atomic E-state index is 0.0902. The van der Waals surface area contributed by atoms with Gasteiger partial charge < -0.3 is 20.8 Å². The Morgan fingerprint density at radius 2 is 2.00 bits per heavy atom. The summed E-state index contributed by atoms with van der Waals surface area (Å²) in [6.07, 6.45) is 5.48. The Hall–Kier alpha value is -3.05. The van der Waals surface area contributed by atoms with E-state index in [0.717, 1.165) is 43.5 Å². The highest BCUT2D eigenvalue weighted by molar-refractivity contribution is 5.94. The molecule has 5 N–H and O–H groups in total. The topological polar surface area (TPSA) is 152 Å². The molecule has 1 aromatic heterocycles. The van der Waals surface area contributed by atoms with E-state index >= 15 is 0 Å². The third kappa shape index (κ3) is 4.05. The Balaban J connectivity index is 1.34. The molecule has 2 fully saturated rings. The van der Waals surface area contributed by atoms with Crippen LogP contribution in [0.4, 0.5) is 5.82 Å². The smallest absolute Gasteiger partial charge is 0.336 e. The van der Waals surface area contributed by atoms with Crippen LogP contribution in [0.1, 0.15) is 51.6 Å². The summed E-state index contributed by atoms with van der Waals surface area (Å²) in [7, 11) is 0. The number of cyclic esters (lactones) is 1. The van der Waals surface area contributed by atoms with Gasteiger partial charge in [-0.2, -0.15) is 10.2 Å². The summed E-state index contributed by atoms with van der Waals surface area (Å²) in [6, 6.07) is 3.61. The summed E-state index contributed by atoms with van der Waals surface area (Å²) in [4.78, 5) is 26.8. The van der Waals surface area contributed by atoms with Crippen molar-refractivity contribution >= 4 is 24.0 Å². The van der Waals surface area contributed by atoms with Crippen molar-refractivity contribution in [1.29, 1.82) is 0 Å². The van der Waals surface area contributed by atoms with Crippen molar-refractivity contribution in [3.05, 3.63) is 29.1 Å². The molecular weight excluding hydrogens is 412 g/mol. The quantitative estimate of drug-likeness (QED) is 0.188. The Morgan fingerprint density at radius 1 is 1.25 bits per heavy atom. The largest absolute Gasteiger partial charge is 0.456 e. The van der Waals surface area contributed by atoms with Gasteiger partial charge in [-0.15, -0.1) is 5.10 Å². The van der Waals surface area contributed by atoms with E-state index in [4.69, 9.17) is 16.4 Å². The second-order valence-electron chi connectivity index (χ2n) is 9.10. The predicted molar refractivity (Wildman–Crippen MR) is 118 cm³/mol. The number of likely N-dealkylation sites (tertiary alicyclic amines) is 1. The zero-order chi connectivity index (χ0) is 22.9. The average molecular weight is 443 g/mol. The summed E-state index contributed by atoms with van der Waals surface area (Å²) in [5.41, 5.74) is 1.66. The molecule has 0 bridgehead atoms. The molecule has 1 saturated carbocycles.